The van der Waals surface area contributed by atoms with Gasteiger partial charge in [-0.3, -0.25) is 4.79 Å². The average Bonchev–Trinajstić information content (AvgIpc) is 2.46. The van der Waals surface area contributed by atoms with Crippen LogP contribution in [0.1, 0.15) is 43.5 Å². The molecule has 1 saturated heterocycles. The lowest BCUT2D eigenvalue weighted by Crippen LogP contribution is -2.49. The molecule has 0 radical (unpaired) electrons. The second kappa shape index (κ2) is 6.89. The van der Waals surface area contributed by atoms with Gasteiger partial charge in [0, 0.05) is 12.1 Å². The second-order valence-electron chi connectivity index (χ2n) is 5.61. The molecule has 114 valence electrons. The highest BCUT2D eigenvalue weighted by atomic mass is 32.1. The van der Waals surface area contributed by atoms with E-state index in [1.54, 1.807) is 17.0 Å². The van der Waals surface area contributed by atoms with E-state index in [9.17, 15) is 4.79 Å². The highest BCUT2D eigenvalue weighted by Crippen LogP contribution is 2.22. The van der Waals surface area contributed by atoms with E-state index in [4.69, 9.17) is 22.7 Å². The lowest BCUT2D eigenvalue weighted by molar-refractivity contribution is 0.0681. The van der Waals surface area contributed by atoms with E-state index in [1.807, 2.05) is 26.0 Å². The van der Waals surface area contributed by atoms with E-state index in [1.165, 1.54) is 0 Å². The molecule has 0 spiro atoms. The van der Waals surface area contributed by atoms with E-state index >= 15 is 0 Å². The van der Waals surface area contributed by atoms with Crippen LogP contribution in [0.5, 0.6) is 5.75 Å². The molecule has 4 nitrogen and oxygen atoms in total. The highest BCUT2D eigenvalue weighted by molar-refractivity contribution is 7.80. The first-order chi connectivity index (χ1) is 9.99. The molecule has 0 saturated carbocycles. The van der Waals surface area contributed by atoms with Crippen LogP contribution in [0.2, 0.25) is 0 Å². The van der Waals surface area contributed by atoms with Crippen molar-refractivity contribution >= 4 is 23.1 Å². The normalized spacial score (nSPS) is 18.6. The fourth-order valence-electron chi connectivity index (χ4n) is 2.61. The van der Waals surface area contributed by atoms with E-state index in [-0.39, 0.29) is 18.1 Å². The van der Waals surface area contributed by atoms with Crippen LogP contribution >= 0.6 is 12.2 Å². The maximum absolute atomic E-state index is 12.7. The summed E-state index contributed by atoms with van der Waals surface area (Å²) in [5.41, 5.74) is 6.40. The Labute approximate surface area is 131 Å². The Morgan fingerprint density at radius 3 is 2.86 bits per heavy atom. The monoisotopic (exact) mass is 306 g/mol. The average molecular weight is 306 g/mol. The van der Waals surface area contributed by atoms with E-state index < -0.39 is 0 Å². The Morgan fingerprint density at radius 2 is 2.19 bits per heavy atom. The smallest absolute Gasteiger partial charge is 0.254 e. The number of carbonyl (C=O) groups excluding carboxylic acids is 1. The van der Waals surface area contributed by atoms with Gasteiger partial charge in [-0.05, 0) is 51.3 Å². The van der Waals surface area contributed by atoms with Gasteiger partial charge in [0.2, 0.25) is 0 Å². The summed E-state index contributed by atoms with van der Waals surface area (Å²) in [6.07, 6.45) is 2.98. The van der Waals surface area contributed by atoms with Crippen LogP contribution in [0.4, 0.5) is 0 Å². The van der Waals surface area contributed by atoms with Gasteiger partial charge < -0.3 is 15.4 Å². The van der Waals surface area contributed by atoms with Gasteiger partial charge in [0.05, 0.1) is 17.1 Å². The summed E-state index contributed by atoms with van der Waals surface area (Å²) in [6, 6.07) is 7.16. The van der Waals surface area contributed by atoms with E-state index in [2.05, 4.69) is 0 Å². The number of piperidine rings is 1. The van der Waals surface area contributed by atoms with Crippen molar-refractivity contribution in [2.24, 2.45) is 5.73 Å². The van der Waals surface area contributed by atoms with Gasteiger partial charge in [0.25, 0.3) is 5.91 Å². The first kappa shape index (κ1) is 15.8. The molecule has 1 heterocycles. The topological polar surface area (TPSA) is 55.6 Å². The van der Waals surface area contributed by atoms with Gasteiger partial charge in [-0.2, -0.15) is 0 Å². The quantitative estimate of drug-likeness (QED) is 0.869. The highest BCUT2D eigenvalue weighted by Gasteiger charge is 2.29. The standard InChI is InChI=1S/C16H22N2O2S/c1-11(2)20-13-7-5-6-12(10-13)16(19)18-9-4-3-8-14(18)15(17)21/h5-7,10-11,14H,3-4,8-9H2,1-2H3,(H2,17,21). The SMILES string of the molecule is CC(C)Oc1cccc(C(=O)N2CCCCC2C(N)=S)c1. The minimum absolute atomic E-state index is 0.0262. The van der Waals surface area contributed by atoms with Crippen LogP contribution in [-0.4, -0.2) is 34.5 Å². The lowest BCUT2D eigenvalue weighted by Gasteiger charge is -2.35. The van der Waals surface area contributed by atoms with Gasteiger partial charge in [-0.25, -0.2) is 0 Å². The fraction of sp³-hybridized carbons (Fsp3) is 0.500. The van der Waals surface area contributed by atoms with Gasteiger partial charge in [-0.15, -0.1) is 0 Å². The van der Waals surface area contributed by atoms with Gasteiger partial charge in [0.15, 0.2) is 0 Å². The molecule has 1 aromatic rings. The second-order valence-corrected chi connectivity index (χ2v) is 6.08. The lowest BCUT2D eigenvalue weighted by atomic mass is 10.0. The van der Waals surface area contributed by atoms with E-state index in [0.29, 0.717) is 22.8 Å². The largest absolute Gasteiger partial charge is 0.491 e. The number of nitrogens with zero attached hydrogens (tertiary/aromatic N) is 1. The van der Waals surface area contributed by atoms with Crippen LogP contribution in [0.3, 0.4) is 0 Å². The number of hydrogen-bond donors (Lipinski definition) is 1. The number of likely N-dealkylation sites (tertiary alicyclic amines) is 1. The number of amides is 1. The van der Waals surface area contributed by atoms with Crippen LogP contribution in [-0.2, 0) is 0 Å². The molecule has 1 aromatic carbocycles. The molecule has 1 amide bonds. The third kappa shape index (κ3) is 3.94. The number of hydrogen-bond acceptors (Lipinski definition) is 3. The first-order valence-electron chi connectivity index (χ1n) is 7.36. The Morgan fingerprint density at radius 1 is 1.43 bits per heavy atom. The Hall–Kier alpha value is -1.62. The Bertz CT molecular complexity index is 531. The molecule has 0 bridgehead atoms. The number of rotatable bonds is 4. The summed E-state index contributed by atoms with van der Waals surface area (Å²) >= 11 is 5.10. The van der Waals surface area contributed by atoms with Crippen molar-refractivity contribution in [3.63, 3.8) is 0 Å². The number of carbonyl (C=O) groups is 1. The maximum atomic E-state index is 12.7. The molecule has 5 heteroatoms. The first-order valence-corrected chi connectivity index (χ1v) is 7.77. The summed E-state index contributed by atoms with van der Waals surface area (Å²) < 4.78 is 5.65. The molecule has 1 atom stereocenters. The van der Waals surface area contributed by atoms with Crippen LogP contribution < -0.4 is 10.5 Å². The van der Waals surface area contributed by atoms with Gasteiger partial charge in [-0.1, -0.05) is 18.3 Å². The molecular formula is C16H22N2O2S. The number of ether oxygens (including phenoxy) is 1. The zero-order valence-electron chi connectivity index (χ0n) is 12.5. The molecule has 0 aliphatic carbocycles. The zero-order chi connectivity index (χ0) is 15.4. The summed E-state index contributed by atoms with van der Waals surface area (Å²) in [5, 5.41) is 0. The van der Waals surface area contributed by atoms with Crippen molar-refractivity contribution in [2.45, 2.75) is 45.3 Å². The summed E-state index contributed by atoms with van der Waals surface area (Å²) in [5.74, 6) is 0.682. The van der Waals surface area contributed by atoms with Crippen LogP contribution in [0, 0.1) is 0 Å². The van der Waals surface area contributed by atoms with Gasteiger partial charge >= 0.3 is 0 Å². The molecule has 21 heavy (non-hydrogen) atoms. The third-order valence-electron chi connectivity index (χ3n) is 3.54. The van der Waals surface area contributed by atoms with Crippen molar-refractivity contribution in [3.05, 3.63) is 29.8 Å². The van der Waals surface area contributed by atoms with Crippen molar-refractivity contribution in [1.29, 1.82) is 0 Å². The molecule has 2 N–H and O–H groups in total. The predicted octanol–water partition coefficient (Wildman–Crippen LogP) is 2.75. The predicted molar refractivity (Wildman–Crippen MR) is 87.7 cm³/mol. The molecule has 1 aliphatic heterocycles. The molecular weight excluding hydrogens is 284 g/mol. The molecule has 2 rings (SSSR count). The van der Waals surface area contributed by atoms with E-state index in [0.717, 1.165) is 19.3 Å². The molecule has 0 aromatic heterocycles. The summed E-state index contributed by atoms with van der Waals surface area (Å²) in [7, 11) is 0. The van der Waals surface area contributed by atoms with Crippen molar-refractivity contribution in [3.8, 4) is 5.75 Å². The summed E-state index contributed by atoms with van der Waals surface area (Å²) in [4.78, 5) is 14.9. The van der Waals surface area contributed by atoms with Crippen LogP contribution in [0.25, 0.3) is 0 Å². The number of thiocarbonyl (C=S) groups is 1. The molecule has 1 aliphatic rings. The molecule has 1 unspecified atom stereocenters. The van der Waals surface area contributed by atoms with Crippen LogP contribution in [0.15, 0.2) is 24.3 Å². The Balaban J connectivity index is 2.20. The minimum atomic E-state index is -0.129. The van der Waals surface area contributed by atoms with Crippen molar-refractivity contribution < 1.29 is 9.53 Å². The molecule has 1 fully saturated rings. The maximum Gasteiger partial charge on any atom is 0.254 e. The number of nitrogens with two attached hydrogens (primary N) is 1. The summed E-state index contributed by atoms with van der Waals surface area (Å²) in [6.45, 7) is 4.63. The van der Waals surface area contributed by atoms with Gasteiger partial charge in [0.1, 0.15) is 5.75 Å². The number of benzene rings is 1. The fourth-order valence-corrected chi connectivity index (χ4v) is 2.86. The van der Waals surface area contributed by atoms with Crippen molar-refractivity contribution in [1.82, 2.24) is 4.90 Å². The zero-order valence-corrected chi connectivity index (χ0v) is 13.4. The van der Waals surface area contributed by atoms with Crippen molar-refractivity contribution in [2.75, 3.05) is 6.54 Å². The Kier molecular flexibility index (Phi) is 5.17. The minimum Gasteiger partial charge on any atom is -0.491 e. The third-order valence-corrected chi connectivity index (χ3v) is 3.82.